The molecule has 1 aliphatic carbocycles. The molecule has 1 fully saturated rings. The number of anilines is 3. The minimum atomic E-state index is -0.0543. The summed E-state index contributed by atoms with van der Waals surface area (Å²) >= 11 is 0. The van der Waals surface area contributed by atoms with Crippen LogP contribution in [0.15, 0.2) is 42.7 Å². The molecule has 3 aromatic rings. The molecule has 0 aliphatic heterocycles. The molecule has 0 atom stereocenters. The van der Waals surface area contributed by atoms with E-state index in [1.54, 1.807) is 23.0 Å². The van der Waals surface area contributed by atoms with Crippen LogP contribution in [0.1, 0.15) is 37.7 Å². The van der Waals surface area contributed by atoms with E-state index in [0.29, 0.717) is 29.0 Å². The Kier molecular flexibility index (Phi) is 6.52. The molecule has 2 N–H and O–H groups in total. The number of benzene rings is 1. The van der Waals surface area contributed by atoms with Gasteiger partial charge in [0.1, 0.15) is 29.5 Å². The first kappa shape index (κ1) is 21.2. The Bertz CT molecular complexity index is 1170. The molecule has 0 saturated heterocycles. The molecular weight excluding hydrogens is 402 g/mol. The number of nitrogens with zero attached hydrogens (tertiary/aromatic N) is 5. The van der Waals surface area contributed by atoms with Crippen LogP contribution in [0.5, 0.6) is 5.75 Å². The molecule has 162 valence electrons. The van der Waals surface area contributed by atoms with Crippen molar-refractivity contribution in [1.82, 2.24) is 14.8 Å². The normalized spacial score (nSPS) is 13.7. The summed E-state index contributed by atoms with van der Waals surface area (Å²) in [5.74, 6) is 1.82. The largest absolute Gasteiger partial charge is 0.478 e. The molecular formula is C24H25N7O. The highest BCUT2D eigenvalue weighted by atomic mass is 16.5. The Morgan fingerprint density at radius 2 is 2.00 bits per heavy atom. The number of nitrogens with one attached hydrogen (secondary N) is 2. The Labute approximate surface area is 187 Å². The van der Waals surface area contributed by atoms with Gasteiger partial charge in [-0.2, -0.15) is 15.6 Å². The van der Waals surface area contributed by atoms with Crippen molar-refractivity contribution in [2.45, 2.75) is 38.1 Å². The molecule has 8 heteroatoms. The highest BCUT2D eigenvalue weighted by molar-refractivity contribution is 5.74. The lowest BCUT2D eigenvalue weighted by atomic mass is 9.95. The van der Waals surface area contributed by atoms with Crippen LogP contribution in [0.3, 0.4) is 0 Å². The molecule has 0 unspecified atom stereocenters. The van der Waals surface area contributed by atoms with Gasteiger partial charge in [-0.3, -0.25) is 4.68 Å². The summed E-state index contributed by atoms with van der Waals surface area (Å²) in [4.78, 5) is 4.66. The number of aryl methyl sites for hydroxylation is 1. The number of rotatable bonds is 7. The first-order valence-electron chi connectivity index (χ1n) is 10.7. The fraction of sp³-hybridized carbons (Fsp3) is 0.333. The molecule has 1 aromatic carbocycles. The predicted molar refractivity (Wildman–Crippen MR) is 122 cm³/mol. The number of nitriles is 2. The molecule has 0 radical (unpaired) electrons. The van der Waals surface area contributed by atoms with Crippen molar-refractivity contribution >= 4 is 17.3 Å². The predicted octanol–water partition coefficient (Wildman–Crippen LogP) is 4.74. The zero-order valence-electron chi connectivity index (χ0n) is 18.0. The maximum Gasteiger partial charge on any atom is 0.174 e. The highest BCUT2D eigenvalue weighted by Gasteiger charge is 2.16. The van der Waals surface area contributed by atoms with E-state index in [1.807, 2.05) is 37.5 Å². The van der Waals surface area contributed by atoms with Crippen LogP contribution in [0.25, 0.3) is 11.1 Å². The summed E-state index contributed by atoms with van der Waals surface area (Å²) in [6, 6.07) is 13.8. The van der Waals surface area contributed by atoms with Gasteiger partial charge in [-0.15, -0.1) is 0 Å². The van der Waals surface area contributed by atoms with Gasteiger partial charge in [0.2, 0.25) is 0 Å². The van der Waals surface area contributed by atoms with Crippen LogP contribution in [-0.2, 0) is 7.05 Å². The van der Waals surface area contributed by atoms with Gasteiger partial charge >= 0.3 is 0 Å². The van der Waals surface area contributed by atoms with Crippen molar-refractivity contribution in [1.29, 1.82) is 10.5 Å². The lowest BCUT2D eigenvalue weighted by molar-refractivity contribution is 0.370. The summed E-state index contributed by atoms with van der Waals surface area (Å²) in [7, 11) is 1.85. The summed E-state index contributed by atoms with van der Waals surface area (Å²) < 4.78 is 7.39. The average molecular weight is 428 g/mol. The summed E-state index contributed by atoms with van der Waals surface area (Å²) in [5, 5.41) is 29.4. The molecule has 1 aliphatic rings. The lowest BCUT2D eigenvalue weighted by Gasteiger charge is -2.24. The maximum absolute atomic E-state index is 9.49. The highest BCUT2D eigenvalue weighted by Crippen LogP contribution is 2.33. The van der Waals surface area contributed by atoms with Gasteiger partial charge in [-0.25, -0.2) is 4.98 Å². The SMILES string of the molecule is Cn1cc(-c2ccc(Nc3ccc(C#N)c(NC4CCCCC4)n3)cc2OCC#N)cn1. The summed E-state index contributed by atoms with van der Waals surface area (Å²) in [5.41, 5.74) is 3.06. The standard InChI is InChI=1S/C24H25N7O/c1-31-16-18(15-27-31)21-9-8-20(13-22(21)32-12-11-25)28-23-10-7-17(14-26)24(30-23)29-19-5-3-2-4-6-19/h7-10,13,15-16,19H,2-6,12H2,1H3,(H2,28,29,30). The number of hydrogen-bond donors (Lipinski definition) is 2. The fourth-order valence-corrected chi connectivity index (χ4v) is 3.95. The molecule has 0 spiro atoms. The quantitative estimate of drug-likeness (QED) is 0.560. The minimum Gasteiger partial charge on any atom is -0.478 e. The van der Waals surface area contributed by atoms with E-state index >= 15 is 0 Å². The topological polar surface area (TPSA) is 112 Å². The second kappa shape index (κ2) is 9.84. The van der Waals surface area contributed by atoms with E-state index in [0.717, 1.165) is 29.7 Å². The molecule has 2 aromatic heterocycles. The van der Waals surface area contributed by atoms with Crippen molar-refractivity contribution in [3.05, 3.63) is 48.3 Å². The monoisotopic (exact) mass is 427 g/mol. The van der Waals surface area contributed by atoms with Crippen LogP contribution in [0.2, 0.25) is 0 Å². The lowest BCUT2D eigenvalue weighted by Crippen LogP contribution is -2.23. The molecule has 0 amide bonds. The van der Waals surface area contributed by atoms with Gasteiger partial charge in [0.25, 0.3) is 0 Å². The van der Waals surface area contributed by atoms with Gasteiger partial charge in [0.05, 0.1) is 11.8 Å². The van der Waals surface area contributed by atoms with Gasteiger partial charge < -0.3 is 15.4 Å². The van der Waals surface area contributed by atoms with Crippen LogP contribution >= 0.6 is 0 Å². The summed E-state index contributed by atoms with van der Waals surface area (Å²) in [6.45, 7) is -0.0543. The first-order valence-corrected chi connectivity index (χ1v) is 10.7. The molecule has 8 nitrogen and oxygen atoms in total. The number of ether oxygens (including phenoxy) is 1. The van der Waals surface area contributed by atoms with Crippen molar-refractivity contribution in [3.63, 3.8) is 0 Å². The molecule has 1 saturated carbocycles. The third kappa shape index (κ3) is 4.98. The van der Waals surface area contributed by atoms with Gasteiger partial charge in [-0.1, -0.05) is 19.3 Å². The van der Waals surface area contributed by atoms with E-state index in [9.17, 15) is 5.26 Å². The summed E-state index contributed by atoms with van der Waals surface area (Å²) in [6.07, 6.45) is 9.52. The minimum absolute atomic E-state index is 0.0543. The average Bonchev–Trinajstić information content (AvgIpc) is 3.24. The Morgan fingerprint density at radius 1 is 1.16 bits per heavy atom. The third-order valence-electron chi connectivity index (χ3n) is 5.52. The molecule has 0 bridgehead atoms. The van der Waals surface area contributed by atoms with Crippen LogP contribution < -0.4 is 15.4 Å². The smallest absolute Gasteiger partial charge is 0.174 e. The number of hydrogen-bond acceptors (Lipinski definition) is 7. The van der Waals surface area contributed by atoms with E-state index in [2.05, 4.69) is 26.8 Å². The van der Waals surface area contributed by atoms with Crippen molar-refractivity contribution in [3.8, 4) is 29.0 Å². The van der Waals surface area contributed by atoms with E-state index in [4.69, 9.17) is 10.00 Å². The van der Waals surface area contributed by atoms with Crippen molar-refractivity contribution in [2.24, 2.45) is 7.05 Å². The van der Waals surface area contributed by atoms with Crippen molar-refractivity contribution < 1.29 is 4.74 Å². The third-order valence-corrected chi connectivity index (χ3v) is 5.52. The Balaban J connectivity index is 1.58. The number of pyridine rings is 1. The molecule has 2 heterocycles. The Hall–Kier alpha value is -4.04. The van der Waals surface area contributed by atoms with E-state index in [-0.39, 0.29) is 6.61 Å². The van der Waals surface area contributed by atoms with E-state index in [1.165, 1.54) is 19.3 Å². The molecule has 32 heavy (non-hydrogen) atoms. The van der Waals surface area contributed by atoms with Crippen LogP contribution in [0, 0.1) is 22.7 Å². The molecule has 4 rings (SSSR count). The van der Waals surface area contributed by atoms with E-state index < -0.39 is 0 Å². The zero-order chi connectivity index (χ0) is 22.3. The van der Waals surface area contributed by atoms with Gasteiger partial charge in [0.15, 0.2) is 6.61 Å². The second-order valence-corrected chi connectivity index (χ2v) is 7.87. The zero-order valence-corrected chi connectivity index (χ0v) is 18.0. The van der Waals surface area contributed by atoms with Crippen molar-refractivity contribution in [2.75, 3.05) is 17.2 Å². The number of aromatic nitrogens is 3. The second-order valence-electron chi connectivity index (χ2n) is 7.87. The maximum atomic E-state index is 9.49. The van der Waals surface area contributed by atoms with Gasteiger partial charge in [-0.05, 0) is 37.1 Å². The van der Waals surface area contributed by atoms with Crippen LogP contribution in [0.4, 0.5) is 17.3 Å². The fourth-order valence-electron chi connectivity index (χ4n) is 3.95. The first-order chi connectivity index (χ1) is 15.7. The van der Waals surface area contributed by atoms with Crippen LogP contribution in [-0.4, -0.2) is 27.4 Å². The van der Waals surface area contributed by atoms with Gasteiger partial charge in [0, 0.05) is 42.2 Å². The Morgan fingerprint density at radius 3 is 2.72 bits per heavy atom.